The molecule has 4 nitrogen and oxygen atoms in total. The van der Waals surface area contributed by atoms with Crippen molar-refractivity contribution in [2.24, 2.45) is 0 Å². The molecule has 0 aliphatic heterocycles. The van der Waals surface area contributed by atoms with Crippen LogP contribution in [0.1, 0.15) is 49.7 Å². The molecule has 0 bridgehead atoms. The number of nitrogens with zero attached hydrogens (tertiary/aromatic N) is 1. The number of ether oxygens (including phenoxy) is 1. The van der Waals surface area contributed by atoms with E-state index in [4.69, 9.17) is 9.84 Å². The molecule has 0 spiro atoms. The molecule has 1 aromatic heterocycles. The normalized spacial score (nSPS) is 11.7. The molecule has 108 valence electrons. The van der Waals surface area contributed by atoms with Gasteiger partial charge in [0.15, 0.2) is 0 Å². The van der Waals surface area contributed by atoms with Gasteiger partial charge in [-0.05, 0) is 45.9 Å². The van der Waals surface area contributed by atoms with Crippen LogP contribution in [0, 0.1) is 0 Å². The molecule has 1 aromatic carbocycles. The number of rotatable bonds is 5. The van der Waals surface area contributed by atoms with Gasteiger partial charge in [-0.25, -0.2) is 4.79 Å². The zero-order valence-electron chi connectivity index (χ0n) is 12.4. The molecule has 0 aliphatic carbocycles. The van der Waals surface area contributed by atoms with Crippen LogP contribution in [0.2, 0.25) is 0 Å². The van der Waals surface area contributed by atoms with Gasteiger partial charge < -0.3 is 14.4 Å². The maximum Gasteiger partial charge on any atom is 0.335 e. The second-order valence-corrected chi connectivity index (χ2v) is 5.55. The third-order valence-electron chi connectivity index (χ3n) is 3.29. The van der Waals surface area contributed by atoms with Crippen LogP contribution in [0.25, 0.3) is 10.9 Å². The van der Waals surface area contributed by atoms with E-state index in [1.165, 1.54) is 0 Å². The van der Waals surface area contributed by atoms with Crippen molar-refractivity contribution in [1.82, 2.24) is 4.57 Å². The molecule has 1 heterocycles. The van der Waals surface area contributed by atoms with Gasteiger partial charge >= 0.3 is 5.97 Å². The number of fused-ring (bicyclic) bond motifs is 1. The fraction of sp³-hybridized carbons (Fsp3) is 0.438. The number of hydrogen-bond donors (Lipinski definition) is 1. The van der Waals surface area contributed by atoms with Gasteiger partial charge in [-0.1, -0.05) is 0 Å². The molecule has 0 aliphatic rings. The van der Waals surface area contributed by atoms with Gasteiger partial charge in [0.25, 0.3) is 0 Å². The standard InChI is InChI=1S/C16H21NO3/c1-10(2)17-8-13(9-20-11(3)4)14-7-12(16(18)19)5-6-15(14)17/h5-8,10-11H,9H2,1-4H3,(H,18,19). The molecule has 0 amide bonds. The van der Waals surface area contributed by atoms with Gasteiger partial charge in [0, 0.05) is 28.7 Å². The molecule has 2 aromatic rings. The number of carboxylic acid groups (broad SMARTS) is 1. The Bertz CT molecular complexity index is 626. The first-order chi connectivity index (χ1) is 9.40. The van der Waals surface area contributed by atoms with Gasteiger partial charge in [-0.2, -0.15) is 0 Å². The van der Waals surface area contributed by atoms with Crippen molar-refractivity contribution in [3.63, 3.8) is 0 Å². The van der Waals surface area contributed by atoms with E-state index in [0.717, 1.165) is 16.5 Å². The number of aromatic carboxylic acids is 1. The van der Waals surface area contributed by atoms with Crippen LogP contribution < -0.4 is 0 Å². The highest BCUT2D eigenvalue weighted by Crippen LogP contribution is 2.26. The summed E-state index contributed by atoms with van der Waals surface area (Å²) in [6, 6.07) is 5.57. The number of carboxylic acids is 1. The number of benzene rings is 1. The van der Waals surface area contributed by atoms with Crippen molar-refractivity contribution in [3.8, 4) is 0 Å². The lowest BCUT2D eigenvalue weighted by Gasteiger charge is -2.08. The van der Waals surface area contributed by atoms with E-state index < -0.39 is 5.97 Å². The first kappa shape index (κ1) is 14.6. The average Bonchev–Trinajstić information content (AvgIpc) is 2.74. The Labute approximate surface area is 119 Å². The highest BCUT2D eigenvalue weighted by atomic mass is 16.5. The predicted molar refractivity (Wildman–Crippen MR) is 79.2 cm³/mol. The number of carbonyl (C=O) groups is 1. The Kier molecular flexibility index (Phi) is 4.14. The molecule has 2 rings (SSSR count). The summed E-state index contributed by atoms with van der Waals surface area (Å²) in [5.41, 5.74) is 2.39. The van der Waals surface area contributed by atoms with Crippen LogP contribution in [-0.2, 0) is 11.3 Å². The fourth-order valence-corrected chi connectivity index (χ4v) is 2.26. The molecule has 0 radical (unpaired) electrons. The SMILES string of the molecule is CC(C)OCc1cn(C(C)C)c2ccc(C(=O)O)cc12. The molecule has 4 heteroatoms. The summed E-state index contributed by atoms with van der Waals surface area (Å²) in [5.74, 6) is -0.903. The Morgan fingerprint density at radius 1 is 1.30 bits per heavy atom. The van der Waals surface area contributed by atoms with Gasteiger partial charge in [-0.15, -0.1) is 0 Å². The third-order valence-corrected chi connectivity index (χ3v) is 3.29. The van der Waals surface area contributed by atoms with Crippen LogP contribution >= 0.6 is 0 Å². The smallest absolute Gasteiger partial charge is 0.335 e. The molecule has 20 heavy (non-hydrogen) atoms. The van der Waals surface area contributed by atoms with Crippen LogP contribution in [-0.4, -0.2) is 21.7 Å². The van der Waals surface area contributed by atoms with Crippen LogP contribution in [0.4, 0.5) is 0 Å². The highest BCUT2D eigenvalue weighted by Gasteiger charge is 2.13. The molecule has 0 fully saturated rings. The zero-order chi connectivity index (χ0) is 14.9. The summed E-state index contributed by atoms with van der Waals surface area (Å²) >= 11 is 0. The average molecular weight is 275 g/mol. The van der Waals surface area contributed by atoms with Crippen LogP contribution in [0.3, 0.4) is 0 Å². The Morgan fingerprint density at radius 2 is 2.00 bits per heavy atom. The molecular weight excluding hydrogens is 254 g/mol. The summed E-state index contributed by atoms with van der Waals surface area (Å²) in [7, 11) is 0. The van der Waals surface area contributed by atoms with Crippen molar-refractivity contribution in [2.75, 3.05) is 0 Å². The zero-order valence-corrected chi connectivity index (χ0v) is 12.4. The second kappa shape index (κ2) is 5.67. The van der Waals surface area contributed by atoms with E-state index in [0.29, 0.717) is 18.2 Å². The first-order valence-corrected chi connectivity index (χ1v) is 6.88. The summed E-state index contributed by atoms with van der Waals surface area (Å²) < 4.78 is 7.82. The molecule has 0 saturated heterocycles. The van der Waals surface area contributed by atoms with E-state index in [2.05, 4.69) is 24.6 Å². The Balaban J connectivity index is 2.53. The topological polar surface area (TPSA) is 51.5 Å². The van der Waals surface area contributed by atoms with Gasteiger partial charge in [0.2, 0.25) is 0 Å². The van der Waals surface area contributed by atoms with E-state index in [1.807, 2.05) is 19.9 Å². The molecule has 0 unspecified atom stereocenters. The largest absolute Gasteiger partial charge is 0.478 e. The van der Waals surface area contributed by atoms with Crippen molar-refractivity contribution < 1.29 is 14.6 Å². The summed E-state index contributed by atoms with van der Waals surface area (Å²) in [5, 5.41) is 10.1. The van der Waals surface area contributed by atoms with Crippen molar-refractivity contribution in [2.45, 2.75) is 46.4 Å². The third kappa shape index (κ3) is 2.85. The van der Waals surface area contributed by atoms with Gasteiger partial charge in [-0.3, -0.25) is 0 Å². The molecular formula is C16H21NO3. The van der Waals surface area contributed by atoms with E-state index >= 15 is 0 Å². The lowest BCUT2D eigenvalue weighted by atomic mass is 10.1. The lowest BCUT2D eigenvalue weighted by Crippen LogP contribution is -2.02. The number of aromatic nitrogens is 1. The van der Waals surface area contributed by atoms with E-state index in [9.17, 15) is 4.79 Å². The summed E-state index contributed by atoms with van der Waals surface area (Å²) in [6.45, 7) is 8.70. The van der Waals surface area contributed by atoms with Crippen molar-refractivity contribution >= 4 is 16.9 Å². The highest BCUT2D eigenvalue weighted by molar-refractivity contribution is 5.95. The number of hydrogen-bond acceptors (Lipinski definition) is 2. The van der Waals surface area contributed by atoms with Crippen LogP contribution in [0.5, 0.6) is 0 Å². The minimum Gasteiger partial charge on any atom is -0.478 e. The second-order valence-electron chi connectivity index (χ2n) is 5.55. The maximum atomic E-state index is 11.1. The predicted octanol–water partition coefficient (Wildman–Crippen LogP) is 3.85. The van der Waals surface area contributed by atoms with Crippen molar-refractivity contribution in [1.29, 1.82) is 0 Å². The maximum absolute atomic E-state index is 11.1. The van der Waals surface area contributed by atoms with E-state index in [1.54, 1.807) is 12.1 Å². The first-order valence-electron chi connectivity index (χ1n) is 6.88. The quantitative estimate of drug-likeness (QED) is 0.901. The van der Waals surface area contributed by atoms with Crippen LogP contribution in [0.15, 0.2) is 24.4 Å². The fourth-order valence-electron chi connectivity index (χ4n) is 2.26. The summed E-state index contributed by atoms with van der Waals surface area (Å²) in [4.78, 5) is 11.1. The van der Waals surface area contributed by atoms with Crippen molar-refractivity contribution in [3.05, 3.63) is 35.5 Å². The summed E-state index contributed by atoms with van der Waals surface area (Å²) in [6.07, 6.45) is 2.21. The minimum absolute atomic E-state index is 0.148. The lowest BCUT2D eigenvalue weighted by molar-refractivity contribution is 0.0661. The van der Waals surface area contributed by atoms with Gasteiger partial charge in [0.1, 0.15) is 0 Å². The Morgan fingerprint density at radius 3 is 2.55 bits per heavy atom. The van der Waals surface area contributed by atoms with E-state index in [-0.39, 0.29) is 6.10 Å². The molecule has 1 N–H and O–H groups in total. The monoisotopic (exact) mass is 275 g/mol. The van der Waals surface area contributed by atoms with Gasteiger partial charge in [0.05, 0.1) is 18.3 Å². The molecule has 0 saturated carbocycles. The Hall–Kier alpha value is -1.81. The minimum atomic E-state index is -0.903. The molecule has 0 atom stereocenters.